The van der Waals surface area contributed by atoms with Crippen molar-refractivity contribution in [2.24, 2.45) is 11.8 Å². The third-order valence-corrected chi connectivity index (χ3v) is 4.76. The number of fused-ring (bicyclic) bond motifs is 1. The maximum Gasteiger partial charge on any atom is 0.234 e. The summed E-state index contributed by atoms with van der Waals surface area (Å²) in [5.41, 5.74) is -0.140. The van der Waals surface area contributed by atoms with E-state index in [4.69, 9.17) is 9.47 Å². The zero-order valence-corrected chi connectivity index (χ0v) is 11.9. The van der Waals surface area contributed by atoms with Crippen LogP contribution in [0.4, 0.5) is 5.69 Å². The lowest BCUT2D eigenvalue weighted by molar-refractivity contribution is -0.313. The fourth-order valence-electron chi connectivity index (χ4n) is 3.75. The van der Waals surface area contributed by atoms with Gasteiger partial charge in [0.1, 0.15) is 11.4 Å². The Morgan fingerprint density at radius 3 is 2.77 bits per heavy atom. The molecule has 3 aliphatic rings. The highest BCUT2D eigenvalue weighted by Gasteiger charge is 2.65. The van der Waals surface area contributed by atoms with E-state index in [0.29, 0.717) is 18.0 Å². The first-order chi connectivity index (χ1) is 10.6. The fourth-order valence-corrected chi connectivity index (χ4v) is 3.75. The highest BCUT2D eigenvalue weighted by atomic mass is 16.5. The second-order valence-corrected chi connectivity index (χ2v) is 5.84. The zero-order chi connectivity index (χ0) is 15.5. The molecule has 4 atom stereocenters. The Bertz CT molecular complexity index is 682. The van der Waals surface area contributed by atoms with Crippen molar-refractivity contribution in [1.82, 2.24) is 0 Å². The second kappa shape index (κ2) is 4.33. The molecule has 22 heavy (non-hydrogen) atoms. The average Bonchev–Trinajstić information content (AvgIpc) is 3.15. The third kappa shape index (κ3) is 1.58. The van der Waals surface area contributed by atoms with E-state index in [1.165, 1.54) is 0 Å². The highest BCUT2D eigenvalue weighted by Crippen LogP contribution is 2.52. The van der Waals surface area contributed by atoms with Gasteiger partial charge in [0.15, 0.2) is 0 Å². The number of benzene rings is 1. The van der Waals surface area contributed by atoms with E-state index in [-0.39, 0.29) is 5.91 Å². The van der Waals surface area contributed by atoms with Crippen LogP contribution in [0.25, 0.3) is 0 Å². The van der Waals surface area contributed by atoms with Crippen LogP contribution in [0.15, 0.2) is 36.4 Å². The molecule has 4 rings (SSSR count). The van der Waals surface area contributed by atoms with Crippen LogP contribution >= 0.6 is 0 Å². The normalized spacial score (nSPS) is 35.0. The summed E-state index contributed by atoms with van der Waals surface area (Å²) in [6.45, 7) is 0.319. The molecule has 3 heterocycles. The lowest BCUT2D eigenvalue weighted by atomic mass is 9.77. The summed E-state index contributed by atoms with van der Waals surface area (Å²) in [4.78, 5) is 25.7. The Morgan fingerprint density at radius 2 is 2.14 bits per heavy atom. The van der Waals surface area contributed by atoms with Gasteiger partial charge in [0.2, 0.25) is 5.91 Å². The summed E-state index contributed by atoms with van der Waals surface area (Å²) in [7, 11) is 1.57. The van der Waals surface area contributed by atoms with Crippen molar-refractivity contribution in [2.75, 3.05) is 18.6 Å². The lowest BCUT2D eigenvalue weighted by Crippen LogP contribution is -2.45. The molecule has 0 radical (unpaired) electrons. The van der Waals surface area contributed by atoms with Crippen LogP contribution in [0.1, 0.15) is 0 Å². The van der Waals surface area contributed by atoms with Crippen molar-refractivity contribution in [3.63, 3.8) is 0 Å². The predicted molar refractivity (Wildman–Crippen MR) is 74.1 cm³/mol. The molecular formula is C16H14NO5-. The third-order valence-electron chi connectivity index (χ3n) is 4.76. The first kappa shape index (κ1) is 13.3. The maximum atomic E-state index is 12.7. The zero-order valence-electron chi connectivity index (χ0n) is 11.9. The van der Waals surface area contributed by atoms with Gasteiger partial charge in [0.05, 0.1) is 25.7 Å². The van der Waals surface area contributed by atoms with Gasteiger partial charge in [0, 0.05) is 17.6 Å². The number of hydrogen-bond donors (Lipinski definition) is 0. The van der Waals surface area contributed by atoms with Crippen molar-refractivity contribution < 1.29 is 24.2 Å². The van der Waals surface area contributed by atoms with Crippen LogP contribution in [0, 0.1) is 11.8 Å². The molecule has 2 saturated heterocycles. The molecule has 1 aromatic rings. The van der Waals surface area contributed by atoms with Gasteiger partial charge in [0.25, 0.3) is 0 Å². The van der Waals surface area contributed by atoms with Crippen molar-refractivity contribution >= 4 is 17.6 Å². The maximum absolute atomic E-state index is 12.7. The molecule has 6 heteroatoms. The van der Waals surface area contributed by atoms with Crippen molar-refractivity contribution in [3.8, 4) is 5.75 Å². The van der Waals surface area contributed by atoms with E-state index >= 15 is 0 Å². The number of amides is 1. The second-order valence-electron chi connectivity index (χ2n) is 5.84. The molecule has 1 spiro atoms. The summed E-state index contributed by atoms with van der Waals surface area (Å²) < 4.78 is 10.9. The number of ether oxygens (including phenoxy) is 2. The van der Waals surface area contributed by atoms with Gasteiger partial charge < -0.3 is 24.3 Å². The van der Waals surface area contributed by atoms with E-state index in [0.717, 1.165) is 0 Å². The molecule has 0 aliphatic carbocycles. The van der Waals surface area contributed by atoms with Crippen LogP contribution in [-0.2, 0) is 14.3 Å². The van der Waals surface area contributed by atoms with Crippen molar-refractivity contribution in [2.45, 2.75) is 11.7 Å². The number of carboxylic acids is 1. The highest BCUT2D eigenvalue weighted by molar-refractivity contribution is 6.02. The van der Waals surface area contributed by atoms with E-state index in [9.17, 15) is 14.7 Å². The summed E-state index contributed by atoms with van der Waals surface area (Å²) in [6, 6.07) is 7.08. The Hall–Kier alpha value is -2.34. The summed E-state index contributed by atoms with van der Waals surface area (Å²) >= 11 is 0. The Morgan fingerprint density at radius 1 is 1.41 bits per heavy atom. The summed E-state index contributed by atoms with van der Waals surface area (Å²) in [5.74, 6) is -2.40. The van der Waals surface area contributed by atoms with Crippen LogP contribution in [0.3, 0.4) is 0 Å². The molecule has 0 aromatic heterocycles. The number of methoxy groups -OCH3 is 1. The number of aliphatic carboxylic acids is 1. The van der Waals surface area contributed by atoms with Crippen LogP contribution in [-0.4, -0.2) is 37.2 Å². The van der Waals surface area contributed by atoms with E-state index in [1.807, 2.05) is 6.08 Å². The van der Waals surface area contributed by atoms with Gasteiger partial charge in [-0.25, -0.2) is 0 Å². The molecule has 0 unspecified atom stereocenters. The van der Waals surface area contributed by atoms with Gasteiger partial charge >= 0.3 is 0 Å². The van der Waals surface area contributed by atoms with Gasteiger partial charge in [-0.05, 0) is 24.3 Å². The molecule has 2 fully saturated rings. The molecule has 3 aliphatic heterocycles. The predicted octanol–water partition coefficient (Wildman–Crippen LogP) is -0.269. The average molecular weight is 300 g/mol. The van der Waals surface area contributed by atoms with Crippen LogP contribution in [0.5, 0.6) is 5.75 Å². The molecule has 2 bridgehead atoms. The van der Waals surface area contributed by atoms with Gasteiger partial charge in [-0.3, -0.25) is 4.79 Å². The number of carbonyl (C=O) groups excluding carboxylic acids is 2. The number of rotatable bonds is 3. The quantitative estimate of drug-likeness (QED) is 0.718. The smallest absolute Gasteiger partial charge is 0.234 e. The molecular weight excluding hydrogens is 286 g/mol. The van der Waals surface area contributed by atoms with E-state index in [2.05, 4.69) is 0 Å². The fraction of sp³-hybridized carbons (Fsp3) is 0.375. The number of nitrogens with zero attached hydrogens (tertiary/aromatic N) is 1. The van der Waals surface area contributed by atoms with Gasteiger partial charge in [-0.15, -0.1) is 0 Å². The minimum Gasteiger partial charge on any atom is -0.550 e. The molecule has 0 saturated carbocycles. The molecule has 1 amide bonds. The van der Waals surface area contributed by atoms with Crippen molar-refractivity contribution in [3.05, 3.63) is 36.4 Å². The SMILES string of the molecule is COc1ccc(N2C[C@@]34C=C[C@H](O3)[C@H](C(=O)[O-])[C@@H]4C2=O)cc1. The largest absolute Gasteiger partial charge is 0.550 e. The minimum absolute atomic E-state index is 0.230. The topological polar surface area (TPSA) is 78.9 Å². The first-order valence-corrected chi connectivity index (χ1v) is 7.09. The molecule has 1 aromatic carbocycles. The summed E-state index contributed by atoms with van der Waals surface area (Å²) in [6.07, 6.45) is 2.99. The molecule has 6 nitrogen and oxygen atoms in total. The Balaban J connectivity index is 1.70. The minimum atomic E-state index is -1.23. The monoisotopic (exact) mass is 300 g/mol. The lowest BCUT2D eigenvalue weighted by Gasteiger charge is -2.24. The van der Waals surface area contributed by atoms with E-state index < -0.39 is 29.5 Å². The number of anilines is 1. The number of hydrogen-bond acceptors (Lipinski definition) is 5. The van der Waals surface area contributed by atoms with Crippen LogP contribution < -0.4 is 14.7 Å². The van der Waals surface area contributed by atoms with Gasteiger partial charge in [-0.1, -0.05) is 12.2 Å². The summed E-state index contributed by atoms with van der Waals surface area (Å²) in [5, 5.41) is 11.4. The molecule has 0 N–H and O–H groups in total. The first-order valence-electron chi connectivity index (χ1n) is 7.09. The Kier molecular flexibility index (Phi) is 2.62. The standard InChI is InChI=1S/C16H15NO5/c1-21-10-4-2-9(3-5-10)17-8-16-7-6-11(22-16)12(15(19)20)13(16)14(17)18/h2-7,11-13H,8H2,1H3,(H,19,20)/p-1/t11-,12-,13+,16+/m0/s1. The van der Waals surface area contributed by atoms with Crippen LogP contribution in [0.2, 0.25) is 0 Å². The number of carboxylic acid groups (broad SMARTS) is 1. The Labute approximate surface area is 126 Å². The molecule has 114 valence electrons. The van der Waals surface area contributed by atoms with E-state index in [1.54, 1.807) is 42.4 Å². The number of carbonyl (C=O) groups is 2. The van der Waals surface area contributed by atoms with Gasteiger partial charge in [-0.2, -0.15) is 0 Å². The van der Waals surface area contributed by atoms with Crippen molar-refractivity contribution in [1.29, 1.82) is 0 Å².